The van der Waals surface area contributed by atoms with Crippen molar-refractivity contribution >= 4 is 17.7 Å². The maximum Gasteiger partial charge on any atom is 0.336 e. The van der Waals surface area contributed by atoms with Crippen molar-refractivity contribution in [1.82, 2.24) is 4.98 Å². The Kier molecular flexibility index (Phi) is 7.76. The largest absolute Gasteiger partial charge is 0.487 e. The summed E-state index contributed by atoms with van der Waals surface area (Å²) >= 11 is 0. The monoisotopic (exact) mass is 436 g/mol. The van der Waals surface area contributed by atoms with Crippen LogP contribution < -0.4 is 4.74 Å². The first-order valence-corrected chi connectivity index (χ1v) is 10.7. The first kappa shape index (κ1) is 23.2. The maximum absolute atomic E-state index is 13.0. The third-order valence-electron chi connectivity index (χ3n) is 5.20. The van der Waals surface area contributed by atoms with Gasteiger partial charge >= 0.3 is 11.9 Å². The van der Waals surface area contributed by atoms with Crippen molar-refractivity contribution in [3.8, 4) is 5.75 Å². The number of esters is 2. The fourth-order valence-electron chi connectivity index (χ4n) is 3.84. The van der Waals surface area contributed by atoms with Gasteiger partial charge in [0.05, 0.1) is 30.4 Å². The van der Waals surface area contributed by atoms with Gasteiger partial charge in [-0.3, -0.25) is 14.8 Å². The minimum atomic E-state index is -0.813. The van der Waals surface area contributed by atoms with Crippen molar-refractivity contribution in [2.75, 3.05) is 13.2 Å². The number of carbonyl (C=O) groups is 2. The highest BCUT2D eigenvalue weighted by Gasteiger charge is 2.44. The number of pyridine rings is 1. The average molecular weight is 437 g/mol. The van der Waals surface area contributed by atoms with Gasteiger partial charge in [-0.1, -0.05) is 30.3 Å². The molecule has 0 aliphatic carbocycles. The van der Waals surface area contributed by atoms with Gasteiger partial charge in [0.1, 0.15) is 18.3 Å². The van der Waals surface area contributed by atoms with E-state index in [9.17, 15) is 9.59 Å². The molecular formula is C25H28N2O5. The van der Waals surface area contributed by atoms with E-state index >= 15 is 0 Å². The molecule has 168 valence electrons. The van der Waals surface area contributed by atoms with E-state index in [1.54, 1.807) is 46.0 Å². The molecule has 0 fully saturated rings. The molecule has 2 heterocycles. The summed E-state index contributed by atoms with van der Waals surface area (Å²) < 4.78 is 16.7. The predicted molar refractivity (Wildman–Crippen MR) is 120 cm³/mol. The lowest BCUT2D eigenvalue weighted by atomic mass is 9.77. The lowest BCUT2D eigenvalue weighted by molar-refractivity contribution is -0.146. The topological polar surface area (TPSA) is 87.1 Å². The molecule has 1 aromatic carbocycles. The molecule has 0 saturated heterocycles. The Labute approximate surface area is 188 Å². The van der Waals surface area contributed by atoms with E-state index in [4.69, 9.17) is 14.2 Å². The molecule has 2 aromatic rings. The highest BCUT2D eigenvalue weighted by Crippen LogP contribution is 2.42. The van der Waals surface area contributed by atoms with Gasteiger partial charge in [-0.25, -0.2) is 4.79 Å². The van der Waals surface area contributed by atoms with Crippen LogP contribution in [0.5, 0.6) is 5.75 Å². The lowest BCUT2D eigenvalue weighted by Gasteiger charge is -2.31. The molecule has 0 bridgehead atoms. The first-order valence-electron chi connectivity index (χ1n) is 10.7. The molecule has 0 spiro atoms. The van der Waals surface area contributed by atoms with Crippen molar-refractivity contribution in [2.24, 2.45) is 10.9 Å². The Hall–Kier alpha value is -3.48. The number of nitrogens with zero attached hydrogens (tertiary/aromatic N) is 2. The van der Waals surface area contributed by atoms with Crippen LogP contribution in [0.4, 0.5) is 0 Å². The standard InChI is InChI=1S/C25H28N2O5/c1-5-30-24(28)20-16(3)27-17(4)21(25(29)31-6-2)22(20)23-19(13-10-14-26-23)32-15-18-11-8-7-9-12-18/h7-14,20,22H,5-6,15H2,1-4H3. The molecule has 1 aromatic heterocycles. The Bertz CT molecular complexity index is 1030. The van der Waals surface area contributed by atoms with E-state index in [0.29, 0.717) is 35.0 Å². The van der Waals surface area contributed by atoms with E-state index in [0.717, 1.165) is 5.56 Å². The highest BCUT2D eigenvalue weighted by atomic mass is 16.5. The third kappa shape index (κ3) is 5.04. The second-order valence-corrected chi connectivity index (χ2v) is 7.34. The van der Waals surface area contributed by atoms with Crippen LogP contribution in [0.1, 0.15) is 44.9 Å². The van der Waals surface area contributed by atoms with Gasteiger partial charge in [0.15, 0.2) is 0 Å². The number of benzene rings is 1. The molecule has 1 aliphatic rings. The number of hydrogen-bond acceptors (Lipinski definition) is 7. The Balaban J connectivity index is 2.08. The minimum Gasteiger partial charge on any atom is -0.487 e. The third-order valence-corrected chi connectivity index (χ3v) is 5.20. The summed E-state index contributed by atoms with van der Waals surface area (Å²) in [6.45, 7) is 7.70. The van der Waals surface area contributed by atoms with Crippen LogP contribution in [0, 0.1) is 5.92 Å². The minimum absolute atomic E-state index is 0.203. The zero-order valence-electron chi connectivity index (χ0n) is 18.8. The Morgan fingerprint density at radius 1 is 0.969 bits per heavy atom. The smallest absolute Gasteiger partial charge is 0.336 e. The van der Waals surface area contributed by atoms with E-state index in [-0.39, 0.29) is 13.2 Å². The van der Waals surface area contributed by atoms with Crippen LogP contribution in [0.15, 0.2) is 64.9 Å². The van der Waals surface area contributed by atoms with Crippen LogP contribution >= 0.6 is 0 Å². The molecule has 7 nitrogen and oxygen atoms in total. The molecule has 0 amide bonds. The number of carbonyl (C=O) groups excluding carboxylic acids is 2. The molecule has 7 heteroatoms. The van der Waals surface area contributed by atoms with Crippen LogP contribution in [-0.2, 0) is 25.7 Å². The van der Waals surface area contributed by atoms with Gasteiger partial charge in [0, 0.05) is 17.6 Å². The number of aromatic nitrogens is 1. The molecule has 2 unspecified atom stereocenters. The maximum atomic E-state index is 13.0. The van der Waals surface area contributed by atoms with Gasteiger partial charge < -0.3 is 14.2 Å². The molecule has 0 saturated carbocycles. The van der Waals surface area contributed by atoms with Crippen LogP contribution in [0.3, 0.4) is 0 Å². The van der Waals surface area contributed by atoms with Crippen LogP contribution in [0.25, 0.3) is 0 Å². The van der Waals surface area contributed by atoms with E-state index < -0.39 is 23.8 Å². The van der Waals surface area contributed by atoms with Crippen LogP contribution in [0.2, 0.25) is 0 Å². The summed E-state index contributed by atoms with van der Waals surface area (Å²) in [5.41, 5.74) is 2.80. The van der Waals surface area contributed by atoms with Gasteiger partial charge in [0.25, 0.3) is 0 Å². The zero-order chi connectivity index (χ0) is 23.1. The molecule has 1 aliphatic heterocycles. The Morgan fingerprint density at radius 3 is 2.38 bits per heavy atom. The second kappa shape index (κ2) is 10.7. The van der Waals surface area contributed by atoms with Crippen molar-refractivity contribution in [3.63, 3.8) is 0 Å². The number of ether oxygens (including phenoxy) is 3. The number of rotatable bonds is 8. The van der Waals surface area contributed by atoms with Gasteiger partial charge in [0.2, 0.25) is 0 Å². The second-order valence-electron chi connectivity index (χ2n) is 7.34. The lowest BCUT2D eigenvalue weighted by Crippen LogP contribution is -2.37. The van der Waals surface area contributed by atoms with Gasteiger partial charge in [-0.05, 0) is 45.4 Å². The molecule has 2 atom stereocenters. The summed E-state index contributed by atoms with van der Waals surface area (Å²) in [5, 5.41) is 0. The van der Waals surface area contributed by atoms with E-state index in [1.807, 2.05) is 30.3 Å². The fourth-order valence-corrected chi connectivity index (χ4v) is 3.84. The molecule has 32 heavy (non-hydrogen) atoms. The first-order chi connectivity index (χ1) is 15.5. The summed E-state index contributed by atoms with van der Waals surface area (Å²) in [6, 6.07) is 13.3. The predicted octanol–water partition coefficient (Wildman–Crippen LogP) is 4.24. The number of aliphatic imine (C=N–C) groups is 1. The summed E-state index contributed by atoms with van der Waals surface area (Å²) in [7, 11) is 0. The molecule has 0 N–H and O–H groups in total. The van der Waals surface area contributed by atoms with Gasteiger partial charge in [-0.15, -0.1) is 0 Å². The van der Waals surface area contributed by atoms with E-state index in [1.165, 1.54) is 0 Å². The molecule has 3 rings (SSSR count). The summed E-state index contributed by atoms with van der Waals surface area (Å²) in [4.78, 5) is 34.9. The highest BCUT2D eigenvalue weighted by molar-refractivity contribution is 6.07. The van der Waals surface area contributed by atoms with Crippen molar-refractivity contribution in [3.05, 3.63) is 71.2 Å². The number of hydrogen-bond donors (Lipinski definition) is 0. The van der Waals surface area contributed by atoms with Crippen molar-refractivity contribution in [2.45, 2.75) is 40.2 Å². The summed E-state index contributed by atoms with van der Waals surface area (Å²) in [6.07, 6.45) is 1.62. The van der Waals surface area contributed by atoms with Gasteiger partial charge in [-0.2, -0.15) is 0 Å². The zero-order valence-corrected chi connectivity index (χ0v) is 18.8. The average Bonchev–Trinajstić information content (AvgIpc) is 2.78. The fraction of sp³-hybridized carbons (Fsp3) is 0.360. The molecular weight excluding hydrogens is 408 g/mol. The normalized spacial score (nSPS) is 18.1. The van der Waals surface area contributed by atoms with Crippen molar-refractivity contribution < 1.29 is 23.8 Å². The molecule has 0 radical (unpaired) electrons. The Morgan fingerprint density at radius 2 is 1.69 bits per heavy atom. The SMILES string of the molecule is CCOC(=O)C1=C(C)N=C(C)C(C(=O)OCC)C1c1ncccc1OCc1ccccc1. The van der Waals surface area contributed by atoms with Crippen molar-refractivity contribution in [1.29, 1.82) is 0 Å². The number of allylic oxidation sites excluding steroid dienone is 1. The summed E-state index contributed by atoms with van der Waals surface area (Å²) in [5.74, 6) is -2.06. The quantitative estimate of drug-likeness (QED) is 0.576. The van der Waals surface area contributed by atoms with E-state index in [2.05, 4.69) is 9.98 Å². The van der Waals surface area contributed by atoms with Crippen LogP contribution in [-0.4, -0.2) is 35.8 Å².